The lowest BCUT2D eigenvalue weighted by molar-refractivity contribution is -0.384. The molecule has 6 nitrogen and oxygen atoms in total. The molecule has 0 unspecified atom stereocenters. The maximum atomic E-state index is 12.2. The summed E-state index contributed by atoms with van der Waals surface area (Å²) in [6.45, 7) is 3.49. The van der Waals surface area contributed by atoms with E-state index in [2.05, 4.69) is 6.92 Å². The first kappa shape index (κ1) is 17.1. The summed E-state index contributed by atoms with van der Waals surface area (Å²) in [5, 5.41) is 20.3. The van der Waals surface area contributed by atoms with E-state index < -0.39 is 4.92 Å². The first-order valence-corrected chi connectivity index (χ1v) is 7.82. The van der Waals surface area contributed by atoms with E-state index in [1.54, 1.807) is 23.1 Å². The molecule has 124 valence electrons. The van der Waals surface area contributed by atoms with E-state index in [0.717, 1.165) is 19.3 Å². The standard InChI is InChI=1S/C17H22N2O4/c1-2-17(13-20)8-10-18(11-9-17)16(21)7-6-14-4-3-5-15(12-14)19(22)23/h3-7,12,20H,2,8-11,13H2,1H3/b7-6+. The van der Waals surface area contributed by atoms with Gasteiger partial charge in [-0.15, -0.1) is 0 Å². The van der Waals surface area contributed by atoms with Gasteiger partial charge < -0.3 is 10.0 Å². The number of benzene rings is 1. The quantitative estimate of drug-likeness (QED) is 0.514. The van der Waals surface area contributed by atoms with Gasteiger partial charge in [-0.05, 0) is 36.3 Å². The molecule has 23 heavy (non-hydrogen) atoms. The highest BCUT2D eigenvalue weighted by atomic mass is 16.6. The summed E-state index contributed by atoms with van der Waals surface area (Å²) < 4.78 is 0. The molecule has 0 atom stereocenters. The first-order chi connectivity index (χ1) is 11.0. The van der Waals surface area contributed by atoms with Crippen LogP contribution in [0.25, 0.3) is 6.08 Å². The second-order valence-electron chi connectivity index (χ2n) is 6.02. The number of non-ortho nitro benzene ring substituents is 1. The van der Waals surface area contributed by atoms with Crippen LogP contribution in [-0.4, -0.2) is 40.5 Å². The molecule has 0 aromatic heterocycles. The fourth-order valence-electron chi connectivity index (χ4n) is 2.84. The van der Waals surface area contributed by atoms with Gasteiger partial charge in [0.25, 0.3) is 5.69 Å². The Morgan fingerprint density at radius 2 is 2.13 bits per heavy atom. The summed E-state index contributed by atoms with van der Waals surface area (Å²) in [5.41, 5.74) is 0.580. The summed E-state index contributed by atoms with van der Waals surface area (Å²) in [7, 11) is 0. The number of likely N-dealkylation sites (tertiary alicyclic amines) is 1. The van der Waals surface area contributed by atoms with Crippen LogP contribution in [0, 0.1) is 15.5 Å². The van der Waals surface area contributed by atoms with E-state index >= 15 is 0 Å². The van der Waals surface area contributed by atoms with Gasteiger partial charge in [0.15, 0.2) is 0 Å². The molecule has 0 bridgehead atoms. The third kappa shape index (κ3) is 4.16. The number of carbonyl (C=O) groups is 1. The Morgan fingerprint density at radius 3 is 2.70 bits per heavy atom. The predicted molar refractivity (Wildman–Crippen MR) is 87.8 cm³/mol. The summed E-state index contributed by atoms with van der Waals surface area (Å²) in [6.07, 6.45) is 5.57. The number of carbonyl (C=O) groups excluding carboxylic acids is 1. The van der Waals surface area contributed by atoms with Crippen molar-refractivity contribution >= 4 is 17.7 Å². The van der Waals surface area contributed by atoms with Gasteiger partial charge in [0.05, 0.1) is 4.92 Å². The lowest BCUT2D eigenvalue weighted by Crippen LogP contribution is -2.43. The number of rotatable bonds is 5. The fraction of sp³-hybridized carbons (Fsp3) is 0.471. The maximum Gasteiger partial charge on any atom is 0.270 e. The van der Waals surface area contributed by atoms with Gasteiger partial charge in [-0.2, -0.15) is 0 Å². The number of hydrogen-bond donors (Lipinski definition) is 1. The number of nitro benzene ring substituents is 1. The average molecular weight is 318 g/mol. The van der Waals surface area contributed by atoms with Crippen molar-refractivity contribution in [2.24, 2.45) is 5.41 Å². The third-order valence-electron chi connectivity index (χ3n) is 4.72. The smallest absolute Gasteiger partial charge is 0.270 e. The zero-order valence-electron chi connectivity index (χ0n) is 13.3. The molecule has 1 fully saturated rings. The van der Waals surface area contributed by atoms with Gasteiger partial charge in [0.2, 0.25) is 5.91 Å². The minimum absolute atomic E-state index is 0.00764. The van der Waals surface area contributed by atoms with Crippen LogP contribution in [0.15, 0.2) is 30.3 Å². The molecule has 0 aliphatic carbocycles. The lowest BCUT2D eigenvalue weighted by Gasteiger charge is -2.39. The third-order valence-corrected chi connectivity index (χ3v) is 4.72. The lowest BCUT2D eigenvalue weighted by atomic mass is 9.77. The fourth-order valence-corrected chi connectivity index (χ4v) is 2.84. The van der Waals surface area contributed by atoms with Crippen molar-refractivity contribution in [3.63, 3.8) is 0 Å². The molecule has 1 amide bonds. The molecule has 1 aromatic carbocycles. The van der Waals surface area contributed by atoms with Crippen LogP contribution in [-0.2, 0) is 4.79 Å². The molecule has 1 heterocycles. The number of aliphatic hydroxyl groups is 1. The predicted octanol–water partition coefficient (Wildman–Crippen LogP) is 2.62. The van der Waals surface area contributed by atoms with Crippen molar-refractivity contribution in [2.75, 3.05) is 19.7 Å². The Balaban J connectivity index is 1.97. The maximum absolute atomic E-state index is 12.2. The summed E-state index contributed by atoms with van der Waals surface area (Å²) in [6, 6.07) is 6.18. The number of hydrogen-bond acceptors (Lipinski definition) is 4. The molecule has 0 radical (unpaired) electrons. The molecule has 0 saturated carbocycles. The monoisotopic (exact) mass is 318 g/mol. The average Bonchev–Trinajstić information content (AvgIpc) is 2.60. The molecular weight excluding hydrogens is 296 g/mol. The summed E-state index contributed by atoms with van der Waals surface area (Å²) >= 11 is 0. The molecule has 6 heteroatoms. The number of nitrogens with zero attached hydrogens (tertiary/aromatic N) is 2. The van der Waals surface area contributed by atoms with Crippen molar-refractivity contribution in [3.05, 3.63) is 46.0 Å². The van der Waals surface area contributed by atoms with E-state index in [0.29, 0.717) is 18.7 Å². The minimum atomic E-state index is -0.455. The second kappa shape index (κ2) is 7.37. The van der Waals surface area contributed by atoms with Crippen molar-refractivity contribution < 1.29 is 14.8 Å². The van der Waals surface area contributed by atoms with E-state index in [1.165, 1.54) is 18.2 Å². The minimum Gasteiger partial charge on any atom is -0.396 e. The first-order valence-electron chi connectivity index (χ1n) is 7.82. The Kier molecular flexibility index (Phi) is 5.50. The van der Waals surface area contributed by atoms with Crippen LogP contribution >= 0.6 is 0 Å². The molecule has 1 aliphatic heterocycles. The van der Waals surface area contributed by atoms with Gasteiger partial charge in [0, 0.05) is 37.9 Å². The van der Waals surface area contributed by atoms with E-state index in [4.69, 9.17) is 0 Å². The summed E-state index contributed by atoms with van der Waals surface area (Å²) in [5.74, 6) is -0.0980. The van der Waals surface area contributed by atoms with E-state index in [1.807, 2.05) is 0 Å². The number of amides is 1. The molecule has 0 spiro atoms. The van der Waals surface area contributed by atoms with Crippen LogP contribution in [0.5, 0.6) is 0 Å². The zero-order chi connectivity index (χ0) is 16.9. The number of aliphatic hydroxyl groups excluding tert-OH is 1. The van der Waals surface area contributed by atoms with Gasteiger partial charge in [0.1, 0.15) is 0 Å². The molecule has 1 aliphatic rings. The molecular formula is C17H22N2O4. The molecule has 1 aromatic rings. The Bertz CT molecular complexity index is 598. The van der Waals surface area contributed by atoms with E-state index in [-0.39, 0.29) is 23.6 Å². The topological polar surface area (TPSA) is 83.7 Å². The Morgan fingerprint density at radius 1 is 1.43 bits per heavy atom. The van der Waals surface area contributed by atoms with Crippen LogP contribution in [0.1, 0.15) is 31.7 Å². The van der Waals surface area contributed by atoms with Crippen LogP contribution < -0.4 is 0 Å². The van der Waals surface area contributed by atoms with Crippen molar-refractivity contribution in [1.82, 2.24) is 4.90 Å². The SMILES string of the molecule is CCC1(CO)CCN(C(=O)/C=C/c2cccc([N+](=O)[O-])c2)CC1. The number of nitro groups is 1. The molecule has 2 rings (SSSR count). The van der Waals surface area contributed by atoms with E-state index in [9.17, 15) is 20.0 Å². The largest absolute Gasteiger partial charge is 0.396 e. The Labute approximate surface area is 135 Å². The number of piperidine rings is 1. The van der Waals surface area contributed by atoms with Gasteiger partial charge >= 0.3 is 0 Å². The van der Waals surface area contributed by atoms with Crippen LogP contribution in [0.4, 0.5) is 5.69 Å². The van der Waals surface area contributed by atoms with Crippen LogP contribution in [0.3, 0.4) is 0 Å². The highest BCUT2D eigenvalue weighted by Crippen LogP contribution is 2.34. The molecule has 1 N–H and O–H groups in total. The van der Waals surface area contributed by atoms with Gasteiger partial charge in [-0.1, -0.05) is 19.1 Å². The van der Waals surface area contributed by atoms with Crippen molar-refractivity contribution in [2.45, 2.75) is 26.2 Å². The van der Waals surface area contributed by atoms with Gasteiger partial charge in [-0.25, -0.2) is 0 Å². The normalized spacial score (nSPS) is 17.4. The summed E-state index contributed by atoms with van der Waals surface area (Å²) in [4.78, 5) is 24.3. The van der Waals surface area contributed by atoms with Crippen molar-refractivity contribution in [3.8, 4) is 0 Å². The zero-order valence-corrected chi connectivity index (χ0v) is 13.3. The van der Waals surface area contributed by atoms with Crippen LogP contribution in [0.2, 0.25) is 0 Å². The van der Waals surface area contributed by atoms with Gasteiger partial charge in [-0.3, -0.25) is 14.9 Å². The highest BCUT2D eigenvalue weighted by molar-refractivity contribution is 5.91. The highest BCUT2D eigenvalue weighted by Gasteiger charge is 2.33. The second-order valence-corrected chi connectivity index (χ2v) is 6.02. The molecule has 1 saturated heterocycles. The Hall–Kier alpha value is -2.21. The van der Waals surface area contributed by atoms with Crippen molar-refractivity contribution in [1.29, 1.82) is 0 Å².